The number of nitrogens with one attached hydrogen (secondary N) is 1. The van der Waals surface area contributed by atoms with Gasteiger partial charge in [-0.05, 0) is 6.92 Å². The molecule has 0 aliphatic carbocycles. The second kappa shape index (κ2) is 11.0. The topological polar surface area (TPSA) is 241 Å². The fourth-order valence-electron chi connectivity index (χ4n) is 3.27. The maximum Gasteiger partial charge on any atom is 0.224 e. The van der Waals surface area contributed by atoms with Crippen molar-refractivity contribution in [3.05, 3.63) is 0 Å². The van der Waals surface area contributed by atoms with Crippen LogP contribution in [0.2, 0.25) is 0 Å². The Kier molecular flexibility index (Phi) is 9.23. The third-order valence-corrected chi connectivity index (χ3v) is 5.23. The molecule has 2 heterocycles. The Morgan fingerprint density at radius 2 is 1.55 bits per heavy atom. The molecule has 2 aliphatic rings. The van der Waals surface area contributed by atoms with Crippen LogP contribution in [0.4, 0.5) is 0 Å². The fourth-order valence-corrected chi connectivity index (χ4v) is 3.27. The summed E-state index contributed by atoms with van der Waals surface area (Å²) in [5.74, 6) is -1.18. The van der Waals surface area contributed by atoms with E-state index in [-0.39, 0.29) is 0 Å². The average molecular weight is 454 g/mol. The highest BCUT2D eigenvalue weighted by Gasteiger charge is 2.50. The van der Waals surface area contributed by atoms with Gasteiger partial charge in [0.05, 0.1) is 19.3 Å². The molecule has 0 spiro atoms. The highest BCUT2D eigenvalue weighted by atomic mass is 16.7. The van der Waals surface area contributed by atoms with Gasteiger partial charge >= 0.3 is 0 Å². The van der Waals surface area contributed by atoms with Crippen molar-refractivity contribution in [1.29, 1.82) is 0 Å². The molecule has 0 aromatic carbocycles. The van der Waals surface area contributed by atoms with Crippen LogP contribution in [0.1, 0.15) is 13.3 Å². The Balaban J connectivity index is 2.07. The van der Waals surface area contributed by atoms with Crippen molar-refractivity contribution in [2.75, 3.05) is 13.2 Å². The first-order valence-corrected chi connectivity index (χ1v) is 9.65. The number of rotatable bonds is 8. The Morgan fingerprint density at radius 3 is 2.10 bits per heavy atom. The van der Waals surface area contributed by atoms with Crippen molar-refractivity contribution in [1.82, 2.24) is 5.32 Å². The molecule has 180 valence electrons. The predicted octanol–water partition coefficient (Wildman–Crippen LogP) is -5.97. The first-order chi connectivity index (χ1) is 14.5. The minimum atomic E-state index is -1.79. The number of amides is 1. The van der Waals surface area contributed by atoms with E-state index in [2.05, 4.69) is 5.32 Å². The van der Waals surface area contributed by atoms with E-state index in [4.69, 9.17) is 19.9 Å². The van der Waals surface area contributed by atoms with Gasteiger partial charge in [-0.25, -0.2) is 0 Å². The molecule has 2 aliphatic heterocycles. The van der Waals surface area contributed by atoms with Gasteiger partial charge in [-0.3, -0.25) is 9.59 Å². The average Bonchev–Trinajstić information content (AvgIpc) is 2.73. The normalized spacial score (nSPS) is 42.1. The molecule has 11 atom stereocenters. The van der Waals surface area contributed by atoms with Crippen molar-refractivity contribution in [2.24, 2.45) is 5.73 Å². The summed E-state index contributed by atoms with van der Waals surface area (Å²) in [6, 6.07) is -1.07. The number of hydrogen-bond donors (Lipinski definition) is 9. The monoisotopic (exact) mass is 454 g/mol. The van der Waals surface area contributed by atoms with Gasteiger partial charge in [0, 0.05) is 6.42 Å². The van der Waals surface area contributed by atoms with Gasteiger partial charge in [0.2, 0.25) is 5.91 Å². The molecule has 1 amide bonds. The molecule has 14 heteroatoms. The molecule has 2 fully saturated rings. The lowest BCUT2D eigenvalue weighted by atomic mass is 9.96. The van der Waals surface area contributed by atoms with Gasteiger partial charge in [-0.2, -0.15) is 0 Å². The van der Waals surface area contributed by atoms with E-state index in [1.807, 2.05) is 0 Å². The highest BCUT2D eigenvalue weighted by Crippen LogP contribution is 2.28. The van der Waals surface area contributed by atoms with Crippen LogP contribution in [0.5, 0.6) is 0 Å². The summed E-state index contributed by atoms with van der Waals surface area (Å²) in [4.78, 5) is 23.2. The van der Waals surface area contributed by atoms with Crippen molar-refractivity contribution < 1.29 is 59.5 Å². The number of hydrogen-bond acceptors (Lipinski definition) is 13. The maximum atomic E-state index is 12.0. The second-order valence-electron chi connectivity index (χ2n) is 7.55. The van der Waals surface area contributed by atoms with Crippen molar-refractivity contribution >= 4 is 11.7 Å². The lowest BCUT2D eigenvalue weighted by Crippen LogP contribution is -2.66. The van der Waals surface area contributed by atoms with Crippen molar-refractivity contribution in [3.8, 4) is 0 Å². The minimum absolute atomic E-state index is 0.396. The Morgan fingerprint density at radius 1 is 0.935 bits per heavy atom. The molecule has 14 nitrogen and oxygen atoms in total. The van der Waals surface area contributed by atoms with Crippen molar-refractivity contribution in [3.63, 3.8) is 0 Å². The van der Waals surface area contributed by atoms with E-state index in [9.17, 15) is 45.3 Å². The molecule has 0 saturated carbocycles. The quantitative estimate of drug-likeness (QED) is 0.166. The van der Waals surface area contributed by atoms with E-state index in [1.54, 1.807) is 0 Å². The van der Waals surface area contributed by atoms with Crippen LogP contribution in [0.25, 0.3) is 0 Å². The number of ketones is 1. The summed E-state index contributed by atoms with van der Waals surface area (Å²) in [6.45, 7) is -0.251. The molecule has 31 heavy (non-hydrogen) atoms. The van der Waals surface area contributed by atoms with Gasteiger partial charge in [0.25, 0.3) is 0 Å². The van der Waals surface area contributed by atoms with E-state index in [1.165, 1.54) is 6.92 Å². The molecule has 0 radical (unpaired) electrons. The zero-order valence-electron chi connectivity index (χ0n) is 16.7. The molecular formula is C17H30N2O12. The molecule has 2 saturated heterocycles. The van der Waals surface area contributed by atoms with Gasteiger partial charge in [0.15, 0.2) is 12.5 Å². The summed E-state index contributed by atoms with van der Waals surface area (Å²) >= 11 is 0. The summed E-state index contributed by atoms with van der Waals surface area (Å²) in [5.41, 5.74) is 5.50. The molecule has 0 aromatic heterocycles. The smallest absolute Gasteiger partial charge is 0.224 e. The first kappa shape index (κ1) is 26.0. The number of ether oxygens (including phenoxy) is 3. The third kappa shape index (κ3) is 5.94. The van der Waals surface area contributed by atoms with Gasteiger partial charge in [-0.15, -0.1) is 0 Å². The largest absolute Gasteiger partial charge is 0.394 e. The van der Waals surface area contributed by atoms with E-state index < -0.39 is 98.7 Å². The van der Waals surface area contributed by atoms with Crippen LogP contribution in [0.3, 0.4) is 0 Å². The van der Waals surface area contributed by atoms with E-state index >= 15 is 0 Å². The first-order valence-electron chi connectivity index (χ1n) is 9.65. The van der Waals surface area contributed by atoms with Crippen LogP contribution in [-0.2, 0) is 23.8 Å². The molecule has 5 unspecified atom stereocenters. The van der Waals surface area contributed by atoms with Crippen LogP contribution >= 0.6 is 0 Å². The highest BCUT2D eigenvalue weighted by molar-refractivity contribution is 5.88. The SMILES string of the molecule is CC(=O)C(N)CC(=O)N[C@@H]1OC(CO)[C@@H](O[C@@H]2OC(CO)[C@H](O)C(O)[C@@H]2O)[C@H](O)C1O. The fraction of sp³-hybridized carbons (Fsp3) is 0.882. The third-order valence-electron chi connectivity index (χ3n) is 5.23. The van der Waals surface area contributed by atoms with Crippen LogP contribution in [-0.4, -0.2) is 128 Å². The number of nitrogens with two attached hydrogens (primary N) is 1. The van der Waals surface area contributed by atoms with Gasteiger partial charge in [0.1, 0.15) is 54.6 Å². The molecule has 2 rings (SSSR count). The van der Waals surface area contributed by atoms with Crippen molar-refractivity contribution in [2.45, 2.75) is 80.7 Å². The maximum absolute atomic E-state index is 12.0. The Bertz CT molecular complexity index is 620. The van der Waals surface area contributed by atoms with E-state index in [0.717, 1.165) is 0 Å². The number of aliphatic hydroxyl groups is 7. The summed E-state index contributed by atoms with van der Waals surface area (Å²) in [6.07, 6.45) is -16.3. The number of carbonyl (C=O) groups is 2. The summed E-state index contributed by atoms with van der Waals surface area (Å²) in [5, 5.41) is 71.6. The number of Topliss-reactive ketones (excluding diaryl/α,β-unsaturated/α-hetero) is 1. The lowest BCUT2D eigenvalue weighted by molar-refractivity contribution is -0.343. The van der Waals surface area contributed by atoms with Gasteiger partial charge < -0.3 is 61.0 Å². The Labute approximate surface area is 177 Å². The standard InChI is InChI=1S/C17H30N2O12/c1-5(22)6(18)2-9(23)19-16-13(27)12(26)15(8(4-21)29-16)31-17-14(28)11(25)10(24)7(3-20)30-17/h6-8,10-17,20-21,24-28H,2-4,18H2,1H3,(H,19,23)/t6?,7?,8?,10-,11?,12+,13?,14-,15+,16+,17-/m0/s1. The molecule has 0 bridgehead atoms. The summed E-state index contributed by atoms with van der Waals surface area (Å²) in [7, 11) is 0. The minimum Gasteiger partial charge on any atom is -0.394 e. The molecular weight excluding hydrogens is 424 g/mol. The summed E-state index contributed by atoms with van der Waals surface area (Å²) < 4.78 is 16.0. The van der Waals surface area contributed by atoms with Crippen LogP contribution in [0.15, 0.2) is 0 Å². The zero-order valence-corrected chi connectivity index (χ0v) is 16.7. The number of aliphatic hydroxyl groups excluding tert-OH is 7. The second-order valence-corrected chi connectivity index (χ2v) is 7.55. The van der Waals surface area contributed by atoms with Gasteiger partial charge in [-0.1, -0.05) is 0 Å². The zero-order chi connectivity index (χ0) is 23.5. The Hall–Kier alpha value is -1.30. The molecule has 0 aromatic rings. The van der Waals surface area contributed by atoms with Crippen LogP contribution < -0.4 is 11.1 Å². The van der Waals surface area contributed by atoms with Crippen LogP contribution in [0, 0.1) is 0 Å². The predicted molar refractivity (Wildman–Crippen MR) is 97.8 cm³/mol. The molecule has 10 N–H and O–H groups in total. The van der Waals surface area contributed by atoms with E-state index in [0.29, 0.717) is 0 Å². The lowest BCUT2D eigenvalue weighted by Gasteiger charge is -2.46. The number of carbonyl (C=O) groups excluding carboxylic acids is 2.